The predicted octanol–water partition coefficient (Wildman–Crippen LogP) is 4.65. The minimum atomic E-state index is -4.83. The Morgan fingerprint density at radius 1 is 1.09 bits per heavy atom. The second-order valence-corrected chi connectivity index (χ2v) is 9.66. The summed E-state index contributed by atoms with van der Waals surface area (Å²) in [7, 11) is 0. The van der Waals surface area contributed by atoms with Crippen LogP contribution in [0.1, 0.15) is 42.9 Å². The summed E-state index contributed by atoms with van der Waals surface area (Å²) in [5.74, 6) is -0.110. The third kappa shape index (κ3) is 6.14. The number of aromatic nitrogens is 6. The summed E-state index contributed by atoms with van der Waals surface area (Å²) in [6.07, 6.45) is -2.92. The molecule has 0 amide bonds. The first-order valence-electron chi connectivity index (χ1n) is 13.5. The number of H-pyrrole nitrogens is 1. The van der Waals surface area contributed by atoms with Gasteiger partial charge in [-0.2, -0.15) is 23.3 Å². The highest BCUT2D eigenvalue weighted by Crippen LogP contribution is 2.30. The normalized spacial score (nSPS) is 12.3. The fourth-order valence-corrected chi connectivity index (χ4v) is 4.75. The van der Waals surface area contributed by atoms with Gasteiger partial charge in [0, 0.05) is 23.7 Å². The number of benzene rings is 2. The lowest BCUT2D eigenvalue weighted by Gasteiger charge is -2.16. The molecular formula is C29H28F3N7O4. The van der Waals surface area contributed by atoms with E-state index in [-0.39, 0.29) is 24.6 Å². The largest absolute Gasteiger partial charge is 0.439 e. The first kappa shape index (κ1) is 29.5. The Kier molecular flexibility index (Phi) is 8.30. The number of aromatic amines is 1. The zero-order valence-corrected chi connectivity index (χ0v) is 23.5. The van der Waals surface area contributed by atoms with E-state index < -0.39 is 23.2 Å². The molecule has 11 nitrogen and oxygen atoms in total. The van der Waals surface area contributed by atoms with Crippen molar-refractivity contribution in [2.75, 3.05) is 6.61 Å². The Balaban J connectivity index is 1.60. The molecule has 0 radical (unpaired) electrons. The Labute approximate surface area is 242 Å². The molecule has 43 heavy (non-hydrogen) atoms. The van der Waals surface area contributed by atoms with E-state index in [0.717, 1.165) is 21.3 Å². The number of halogens is 3. The number of alkyl halides is 3. The highest BCUT2D eigenvalue weighted by Gasteiger charge is 2.35. The molecule has 0 bridgehead atoms. The molecule has 2 aromatic carbocycles. The van der Waals surface area contributed by atoms with Gasteiger partial charge in [0.05, 0.1) is 12.3 Å². The van der Waals surface area contributed by atoms with E-state index in [1.807, 2.05) is 54.9 Å². The number of hydroxylamine groups is 1. The summed E-state index contributed by atoms with van der Waals surface area (Å²) >= 11 is 0. The molecule has 3 aromatic heterocycles. The van der Waals surface area contributed by atoms with Gasteiger partial charge in [0.2, 0.25) is 5.78 Å². The number of hydrogen-bond donors (Lipinski definition) is 2. The van der Waals surface area contributed by atoms with Crippen molar-refractivity contribution in [3.8, 4) is 22.5 Å². The first-order chi connectivity index (χ1) is 20.6. The van der Waals surface area contributed by atoms with Gasteiger partial charge in [0.15, 0.2) is 11.5 Å². The van der Waals surface area contributed by atoms with E-state index in [1.165, 1.54) is 11.4 Å². The third-order valence-corrected chi connectivity index (χ3v) is 6.64. The van der Waals surface area contributed by atoms with Crippen molar-refractivity contribution in [2.24, 2.45) is 0 Å². The summed E-state index contributed by atoms with van der Waals surface area (Å²) in [6.45, 7) is 5.05. The van der Waals surface area contributed by atoms with Gasteiger partial charge in [-0.1, -0.05) is 67.0 Å². The van der Waals surface area contributed by atoms with Gasteiger partial charge in [-0.15, -0.1) is 0 Å². The number of fused-ring (bicyclic) bond motifs is 1. The molecule has 2 N–H and O–H groups in total. The molecule has 5 rings (SSSR count). The van der Waals surface area contributed by atoms with Gasteiger partial charge in [0.25, 0.3) is 5.56 Å². The number of hydrogen-bond acceptors (Lipinski definition) is 8. The summed E-state index contributed by atoms with van der Waals surface area (Å²) in [5, 5.41) is 8.19. The quantitative estimate of drug-likeness (QED) is 0.223. The smallest absolute Gasteiger partial charge is 0.296 e. The van der Waals surface area contributed by atoms with Gasteiger partial charge >= 0.3 is 11.9 Å². The summed E-state index contributed by atoms with van der Waals surface area (Å²) in [4.78, 5) is 37.0. The van der Waals surface area contributed by atoms with Gasteiger partial charge in [0.1, 0.15) is 5.82 Å². The maximum atomic E-state index is 13.9. The highest BCUT2D eigenvalue weighted by atomic mass is 19.4. The van der Waals surface area contributed by atoms with Gasteiger partial charge in [-0.25, -0.2) is 13.9 Å². The fraction of sp³-hybridized carbons (Fsp3) is 0.276. The molecule has 0 unspecified atom stereocenters. The van der Waals surface area contributed by atoms with Crippen molar-refractivity contribution in [2.45, 2.75) is 46.2 Å². The molecule has 0 saturated carbocycles. The molecule has 0 aliphatic heterocycles. The average molecular weight is 596 g/mol. The van der Waals surface area contributed by atoms with Crippen LogP contribution in [0.2, 0.25) is 0 Å². The molecule has 0 spiro atoms. The van der Waals surface area contributed by atoms with E-state index in [9.17, 15) is 22.8 Å². The Bertz CT molecular complexity index is 1900. The number of nitrogens with zero attached hydrogens (tertiary/aromatic N) is 5. The second-order valence-electron chi connectivity index (χ2n) is 9.66. The van der Waals surface area contributed by atoms with E-state index in [1.54, 1.807) is 13.0 Å². The lowest BCUT2D eigenvalue weighted by atomic mass is 9.96. The Morgan fingerprint density at radius 3 is 2.44 bits per heavy atom. The van der Waals surface area contributed by atoms with Crippen LogP contribution in [-0.2, 0) is 17.7 Å². The van der Waals surface area contributed by atoms with E-state index in [0.29, 0.717) is 41.7 Å². The predicted molar refractivity (Wildman–Crippen MR) is 152 cm³/mol. The number of allylic oxidation sites excluding steroid dienone is 1. The van der Waals surface area contributed by atoms with Gasteiger partial charge < -0.3 is 0 Å². The highest BCUT2D eigenvalue weighted by molar-refractivity contribution is 5.80. The maximum Gasteiger partial charge on any atom is 0.439 e. The van der Waals surface area contributed by atoms with Gasteiger partial charge in [-0.3, -0.25) is 24.6 Å². The van der Waals surface area contributed by atoms with Crippen LogP contribution < -0.4 is 16.8 Å². The maximum absolute atomic E-state index is 13.9. The number of nitrogens with one attached hydrogen (secondary N) is 2. The van der Waals surface area contributed by atoms with Crippen LogP contribution in [0.5, 0.6) is 0 Å². The zero-order valence-electron chi connectivity index (χ0n) is 23.5. The molecule has 14 heteroatoms. The fourth-order valence-electron chi connectivity index (χ4n) is 4.75. The van der Waals surface area contributed by atoms with Crippen LogP contribution in [0.25, 0.3) is 34.5 Å². The molecule has 0 atom stereocenters. The van der Waals surface area contributed by atoms with Crippen LogP contribution >= 0.6 is 0 Å². The molecule has 0 aliphatic rings. The van der Waals surface area contributed by atoms with Crippen LogP contribution in [-0.4, -0.2) is 42.1 Å². The van der Waals surface area contributed by atoms with Crippen molar-refractivity contribution >= 4 is 12.0 Å². The molecule has 0 saturated heterocycles. The van der Waals surface area contributed by atoms with Gasteiger partial charge in [-0.05, 0) is 37.0 Å². The molecule has 3 heterocycles. The Hall–Kier alpha value is -4.98. The minimum Gasteiger partial charge on any atom is -0.296 e. The average Bonchev–Trinajstić information content (AvgIpc) is 3.59. The number of aryl methyl sites for hydroxylation is 2. The van der Waals surface area contributed by atoms with Crippen molar-refractivity contribution in [1.29, 1.82) is 0 Å². The Morgan fingerprint density at radius 2 is 1.81 bits per heavy atom. The minimum absolute atomic E-state index is 0.0283. The summed E-state index contributed by atoms with van der Waals surface area (Å²) < 4.78 is 48.4. The zero-order chi connectivity index (χ0) is 30.7. The van der Waals surface area contributed by atoms with E-state index in [2.05, 4.69) is 24.7 Å². The number of rotatable bonds is 10. The first-order valence-corrected chi connectivity index (χ1v) is 13.5. The van der Waals surface area contributed by atoms with E-state index >= 15 is 0 Å². The molecule has 0 fully saturated rings. The molecular weight excluding hydrogens is 567 g/mol. The van der Waals surface area contributed by atoms with Crippen LogP contribution in [0, 0.1) is 6.92 Å². The van der Waals surface area contributed by atoms with Crippen LogP contribution in [0.15, 0.2) is 68.3 Å². The SMILES string of the molecule is CCCc1c(Cc2ccc(-c3ccccc3-c3noc(=O)[nH]3)cc2)c(=O)n(/C=C(\NOCC)C(F)(F)F)c2nc(C)nn12. The topological polar surface area (TPSA) is 132 Å². The van der Waals surface area contributed by atoms with Crippen molar-refractivity contribution in [1.82, 2.24) is 34.8 Å². The van der Waals surface area contributed by atoms with Crippen molar-refractivity contribution < 1.29 is 22.5 Å². The molecule has 5 aromatic rings. The van der Waals surface area contributed by atoms with Crippen molar-refractivity contribution in [3.63, 3.8) is 0 Å². The summed E-state index contributed by atoms with van der Waals surface area (Å²) in [6, 6.07) is 14.7. The lowest BCUT2D eigenvalue weighted by molar-refractivity contribution is -0.114. The molecule has 224 valence electrons. The molecule has 0 aliphatic carbocycles. The van der Waals surface area contributed by atoms with Crippen molar-refractivity contribution in [3.05, 3.63) is 97.8 Å². The van der Waals surface area contributed by atoms with E-state index in [4.69, 9.17) is 4.84 Å². The van der Waals surface area contributed by atoms with Crippen LogP contribution in [0.3, 0.4) is 0 Å². The second kappa shape index (κ2) is 12.1. The summed E-state index contributed by atoms with van der Waals surface area (Å²) in [5.41, 5.74) is 3.87. The van der Waals surface area contributed by atoms with Crippen LogP contribution in [0.4, 0.5) is 13.2 Å². The lowest BCUT2D eigenvalue weighted by Crippen LogP contribution is -2.31. The standard InChI is InChI=1S/C29H28F3N7O4/c1-4-8-23-22(26(40)38(27-33-17(3)35-39(23)27)16-24(29(30,31)32)36-42-5-2)15-18-11-13-19(14-12-18)20-9-6-7-10-21(20)25-34-28(41)43-37-25/h6-7,9-14,16,36H,4-5,8,15H2,1-3H3,(H,34,37,41)/b24-16-. The third-order valence-electron chi connectivity index (χ3n) is 6.64. The monoisotopic (exact) mass is 595 g/mol.